The quantitative estimate of drug-likeness (QED) is 0.781. The van der Waals surface area contributed by atoms with E-state index in [0.717, 1.165) is 30.1 Å². The van der Waals surface area contributed by atoms with E-state index in [1.807, 2.05) is 10.3 Å². The topological polar surface area (TPSA) is 29.5 Å². The average Bonchev–Trinajstić information content (AvgIpc) is 2.97. The molecule has 0 radical (unpaired) electrons. The average molecular weight is 260 g/mol. The largest absolute Gasteiger partial charge is 0.496 e. The highest BCUT2D eigenvalue weighted by Crippen LogP contribution is 2.25. The van der Waals surface area contributed by atoms with E-state index in [1.165, 1.54) is 11.3 Å². The van der Waals surface area contributed by atoms with Gasteiger partial charge in [-0.3, -0.25) is 4.79 Å². The molecule has 1 aliphatic heterocycles. The van der Waals surface area contributed by atoms with Crippen molar-refractivity contribution in [3.63, 3.8) is 0 Å². The van der Waals surface area contributed by atoms with E-state index < -0.39 is 0 Å². The lowest BCUT2D eigenvalue weighted by Gasteiger charge is -2.14. The molecule has 0 saturated carbocycles. The number of methoxy groups -OCH3 is 1. The normalized spacial score (nSPS) is 20.1. The fraction of sp³-hybridized carbons (Fsp3) is 0.545. The predicted octanol–water partition coefficient (Wildman–Crippen LogP) is 2.46. The summed E-state index contributed by atoms with van der Waals surface area (Å²) in [5.41, 5.74) is 0. The Morgan fingerprint density at radius 3 is 3.12 bits per heavy atom. The van der Waals surface area contributed by atoms with Crippen LogP contribution in [0.2, 0.25) is 0 Å². The van der Waals surface area contributed by atoms with Crippen LogP contribution in [0.5, 0.6) is 5.75 Å². The Bertz CT molecular complexity index is 380. The number of rotatable bonds is 3. The van der Waals surface area contributed by atoms with E-state index in [4.69, 9.17) is 16.3 Å². The minimum Gasteiger partial charge on any atom is -0.496 e. The van der Waals surface area contributed by atoms with Gasteiger partial charge in [-0.2, -0.15) is 0 Å². The van der Waals surface area contributed by atoms with Crippen molar-refractivity contribution < 1.29 is 9.53 Å². The van der Waals surface area contributed by atoms with E-state index in [0.29, 0.717) is 11.8 Å². The van der Waals surface area contributed by atoms with Crippen LogP contribution in [0.3, 0.4) is 0 Å². The van der Waals surface area contributed by atoms with Crippen molar-refractivity contribution in [2.24, 2.45) is 5.92 Å². The van der Waals surface area contributed by atoms with Crippen LogP contribution in [0.4, 0.5) is 0 Å². The van der Waals surface area contributed by atoms with Crippen LogP contribution < -0.4 is 4.74 Å². The molecule has 1 fully saturated rings. The molecule has 1 saturated heterocycles. The minimum absolute atomic E-state index is 0.0981. The smallest absolute Gasteiger partial charge is 0.264 e. The van der Waals surface area contributed by atoms with Crippen molar-refractivity contribution >= 4 is 28.8 Å². The number of hydrogen-bond donors (Lipinski definition) is 0. The molecule has 16 heavy (non-hydrogen) atoms. The van der Waals surface area contributed by atoms with Crippen LogP contribution in [0.25, 0.3) is 0 Å². The first kappa shape index (κ1) is 11.7. The second-order valence-electron chi connectivity index (χ2n) is 3.91. The number of ether oxygens (including phenoxy) is 1. The van der Waals surface area contributed by atoms with E-state index in [-0.39, 0.29) is 5.91 Å². The summed E-state index contributed by atoms with van der Waals surface area (Å²) in [5, 5.41) is 1.85. The zero-order valence-electron chi connectivity index (χ0n) is 9.11. The van der Waals surface area contributed by atoms with E-state index in [1.54, 1.807) is 13.2 Å². The molecule has 5 heteroatoms. The molecule has 1 amide bonds. The molecule has 0 bridgehead atoms. The standard InChI is InChI=1S/C11H14ClNO2S/c1-15-9-4-10(16-7-9)11(14)13-3-2-8(5-12)6-13/h4,7-8H,2-3,5-6H2,1H3. The van der Waals surface area contributed by atoms with Crippen LogP contribution in [0.15, 0.2) is 11.4 Å². The number of likely N-dealkylation sites (tertiary alicyclic amines) is 1. The number of halogens is 1. The van der Waals surface area contributed by atoms with Crippen molar-refractivity contribution in [3.05, 3.63) is 16.3 Å². The van der Waals surface area contributed by atoms with Gasteiger partial charge in [-0.1, -0.05) is 0 Å². The Balaban J connectivity index is 2.02. The van der Waals surface area contributed by atoms with Crippen molar-refractivity contribution in [3.8, 4) is 5.75 Å². The predicted molar refractivity (Wildman–Crippen MR) is 65.6 cm³/mol. The van der Waals surface area contributed by atoms with Gasteiger partial charge in [0.25, 0.3) is 5.91 Å². The monoisotopic (exact) mass is 259 g/mol. The van der Waals surface area contributed by atoms with Crippen LogP contribution in [0.1, 0.15) is 16.1 Å². The molecule has 1 aromatic rings. The van der Waals surface area contributed by atoms with Crippen molar-refractivity contribution in [1.29, 1.82) is 0 Å². The molecule has 88 valence electrons. The van der Waals surface area contributed by atoms with Crippen molar-refractivity contribution in [1.82, 2.24) is 4.90 Å². The van der Waals surface area contributed by atoms with Gasteiger partial charge in [-0.05, 0) is 12.3 Å². The maximum Gasteiger partial charge on any atom is 0.264 e. The Morgan fingerprint density at radius 2 is 2.56 bits per heavy atom. The molecular formula is C11H14ClNO2S. The Hall–Kier alpha value is -0.740. The fourth-order valence-electron chi connectivity index (χ4n) is 1.84. The van der Waals surface area contributed by atoms with Gasteiger partial charge in [-0.15, -0.1) is 22.9 Å². The van der Waals surface area contributed by atoms with Gasteiger partial charge in [0, 0.05) is 30.4 Å². The number of nitrogens with zero attached hydrogens (tertiary/aromatic N) is 1. The van der Waals surface area contributed by atoms with Gasteiger partial charge in [-0.25, -0.2) is 0 Å². The number of amides is 1. The summed E-state index contributed by atoms with van der Waals surface area (Å²) < 4.78 is 5.07. The number of carbonyl (C=O) groups excluding carboxylic acids is 1. The number of carbonyl (C=O) groups is 1. The second kappa shape index (κ2) is 5.06. The van der Waals surface area contributed by atoms with Crippen LogP contribution in [-0.2, 0) is 0 Å². The first-order chi connectivity index (χ1) is 7.74. The van der Waals surface area contributed by atoms with Crippen molar-refractivity contribution in [2.45, 2.75) is 6.42 Å². The third kappa shape index (κ3) is 2.33. The maximum absolute atomic E-state index is 12.1. The van der Waals surface area contributed by atoms with Crippen molar-refractivity contribution in [2.75, 3.05) is 26.1 Å². The first-order valence-corrected chi connectivity index (χ1v) is 6.63. The molecule has 0 spiro atoms. The second-order valence-corrected chi connectivity index (χ2v) is 5.13. The summed E-state index contributed by atoms with van der Waals surface area (Å²) in [5.74, 6) is 1.94. The third-order valence-corrected chi connectivity index (χ3v) is 4.15. The lowest BCUT2D eigenvalue weighted by atomic mass is 10.2. The minimum atomic E-state index is 0.0981. The summed E-state index contributed by atoms with van der Waals surface area (Å²) in [7, 11) is 1.61. The summed E-state index contributed by atoms with van der Waals surface area (Å²) in [6.45, 7) is 1.60. The zero-order valence-corrected chi connectivity index (χ0v) is 10.7. The van der Waals surface area contributed by atoms with Gasteiger partial charge >= 0.3 is 0 Å². The summed E-state index contributed by atoms with van der Waals surface area (Å²) in [6, 6.07) is 1.79. The van der Waals surface area contributed by atoms with Crippen LogP contribution in [0, 0.1) is 5.92 Å². The SMILES string of the molecule is COc1csc(C(=O)N2CCC(CCl)C2)c1. The highest BCUT2D eigenvalue weighted by Gasteiger charge is 2.27. The molecular weight excluding hydrogens is 246 g/mol. The fourth-order valence-corrected chi connectivity index (χ4v) is 2.91. The van der Waals surface area contributed by atoms with Gasteiger partial charge < -0.3 is 9.64 Å². The molecule has 0 aromatic carbocycles. The Labute approximate surface area is 104 Å². The molecule has 1 atom stereocenters. The molecule has 3 nitrogen and oxygen atoms in total. The first-order valence-electron chi connectivity index (χ1n) is 5.22. The molecule has 0 aliphatic carbocycles. The van der Waals surface area contributed by atoms with Crippen LogP contribution >= 0.6 is 22.9 Å². The Kier molecular flexibility index (Phi) is 3.71. The summed E-state index contributed by atoms with van der Waals surface area (Å²) in [6.07, 6.45) is 1.01. The summed E-state index contributed by atoms with van der Waals surface area (Å²) in [4.78, 5) is 14.7. The molecule has 1 aromatic heterocycles. The van der Waals surface area contributed by atoms with E-state index in [9.17, 15) is 4.79 Å². The summed E-state index contributed by atoms with van der Waals surface area (Å²) >= 11 is 7.22. The third-order valence-electron chi connectivity index (χ3n) is 2.81. The number of hydrogen-bond acceptors (Lipinski definition) is 3. The van der Waals surface area contributed by atoms with Crippen LogP contribution in [-0.4, -0.2) is 36.9 Å². The lowest BCUT2D eigenvalue weighted by Crippen LogP contribution is -2.28. The maximum atomic E-state index is 12.1. The van der Waals surface area contributed by atoms with Gasteiger partial charge in [0.15, 0.2) is 0 Å². The highest BCUT2D eigenvalue weighted by atomic mass is 35.5. The molecule has 1 unspecified atom stereocenters. The van der Waals surface area contributed by atoms with Gasteiger partial charge in [0.05, 0.1) is 12.0 Å². The lowest BCUT2D eigenvalue weighted by molar-refractivity contribution is 0.0793. The highest BCUT2D eigenvalue weighted by molar-refractivity contribution is 7.12. The molecule has 1 aliphatic rings. The molecule has 2 rings (SSSR count). The number of alkyl halides is 1. The van der Waals surface area contributed by atoms with E-state index in [2.05, 4.69) is 0 Å². The van der Waals surface area contributed by atoms with E-state index >= 15 is 0 Å². The molecule has 0 N–H and O–H groups in total. The number of thiophene rings is 1. The van der Waals surface area contributed by atoms with Gasteiger partial charge in [0.1, 0.15) is 5.75 Å². The Morgan fingerprint density at radius 1 is 1.75 bits per heavy atom. The van der Waals surface area contributed by atoms with Gasteiger partial charge in [0.2, 0.25) is 0 Å². The molecule has 2 heterocycles. The zero-order chi connectivity index (χ0) is 11.5.